The Hall–Kier alpha value is -5.84. The van der Waals surface area contributed by atoms with E-state index in [0.717, 1.165) is 39.8 Å². The van der Waals surface area contributed by atoms with E-state index in [-0.39, 0.29) is 0 Å². The van der Waals surface area contributed by atoms with E-state index in [4.69, 9.17) is 0 Å². The lowest BCUT2D eigenvalue weighted by Crippen LogP contribution is -2.49. The van der Waals surface area contributed by atoms with E-state index in [1.54, 1.807) is 0 Å². The smallest absolute Gasteiger partial charge is 0.113 e. The Morgan fingerprint density at radius 2 is 0.875 bits per heavy atom. The van der Waals surface area contributed by atoms with Crippen LogP contribution in [0.3, 0.4) is 0 Å². The molecule has 4 heteroatoms. The molecule has 48 heavy (non-hydrogen) atoms. The van der Waals surface area contributed by atoms with E-state index in [9.17, 15) is 0 Å². The average Bonchev–Trinajstić information content (AvgIpc) is 3.35. The van der Waals surface area contributed by atoms with Crippen molar-refractivity contribution in [3.63, 3.8) is 0 Å². The standard InChI is InChI=1S/C44H37N3Si/c1-48(2)43-21-13-12-20-41(43)42-31-39(26-27-44(42)48)47(38-24-22-33(23-25-38)32-14-6-3-7-15-32)40-29-36(45-34-16-8-4-9-17-34)28-37(30-40)46-35-18-10-5-11-19-35/h3-31,45-46H,1-2H3. The monoisotopic (exact) mass is 635 g/mol. The van der Waals surface area contributed by atoms with Crippen LogP contribution in [0.2, 0.25) is 13.1 Å². The van der Waals surface area contributed by atoms with E-state index >= 15 is 0 Å². The Balaban J connectivity index is 1.29. The summed E-state index contributed by atoms with van der Waals surface area (Å²) in [5, 5.41) is 10.3. The summed E-state index contributed by atoms with van der Waals surface area (Å²) in [6, 6.07) is 63.0. The molecule has 0 radical (unpaired) electrons. The summed E-state index contributed by atoms with van der Waals surface area (Å²) in [6.07, 6.45) is 0. The predicted molar refractivity (Wildman–Crippen MR) is 208 cm³/mol. The van der Waals surface area contributed by atoms with Crippen molar-refractivity contribution in [2.45, 2.75) is 13.1 Å². The quantitative estimate of drug-likeness (QED) is 0.163. The Morgan fingerprint density at radius 1 is 0.375 bits per heavy atom. The summed E-state index contributed by atoms with van der Waals surface area (Å²) < 4.78 is 0. The van der Waals surface area contributed by atoms with Crippen molar-refractivity contribution in [2.24, 2.45) is 0 Å². The highest BCUT2D eigenvalue weighted by Crippen LogP contribution is 2.41. The molecular weight excluding hydrogens is 599 g/mol. The van der Waals surface area contributed by atoms with Gasteiger partial charge in [0.15, 0.2) is 0 Å². The van der Waals surface area contributed by atoms with E-state index < -0.39 is 8.07 Å². The van der Waals surface area contributed by atoms with E-state index in [0.29, 0.717) is 0 Å². The minimum Gasteiger partial charge on any atom is -0.355 e. The van der Waals surface area contributed by atoms with Gasteiger partial charge in [-0.05, 0) is 99.4 Å². The van der Waals surface area contributed by atoms with Crippen LogP contribution >= 0.6 is 0 Å². The Morgan fingerprint density at radius 3 is 1.50 bits per heavy atom. The molecule has 1 heterocycles. The molecule has 3 nitrogen and oxygen atoms in total. The molecule has 0 bridgehead atoms. The zero-order valence-corrected chi connectivity index (χ0v) is 28.2. The van der Waals surface area contributed by atoms with Gasteiger partial charge in [0, 0.05) is 34.1 Å². The molecule has 0 unspecified atom stereocenters. The van der Waals surface area contributed by atoms with Crippen LogP contribution in [0.5, 0.6) is 0 Å². The van der Waals surface area contributed by atoms with Gasteiger partial charge in [0.2, 0.25) is 0 Å². The van der Waals surface area contributed by atoms with Crippen LogP contribution in [0.1, 0.15) is 0 Å². The molecule has 0 saturated carbocycles. The first-order valence-electron chi connectivity index (χ1n) is 16.5. The minimum absolute atomic E-state index is 1.00. The first-order valence-corrected chi connectivity index (χ1v) is 19.5. The zero-order valence-electron chi connectivity index (χ0n) is 27.2. The normalized spacial score (nSPS) is 12.5. The fraction of sp³-hybridized carbons (Fsp3) is 0.0455. The summed E-state index contributed by atoms with van der Waals surface area (Å²) >= 11 is 0. The molecule has 0 amide bonds. The van der Waals surface area contributed by atoms with Crippen molar-refractivity contribution in [3.8, 4) is 22.3 Å². The summed E-state index contributed by atoms with van der Waals surface area (Å²) in [6.45, 7) is 4.94. The van der Waals surface area contributed by atoms with Crippen LogP contribution in [0.4, 0.5) is 39.8 Å². The number of benzene rings is 7. The molecule has 0 atom stereocenters. The molecule has 1 aliphatic heterocycles. The largest absolute Gasteiger partial charge is 0.355 e. The van der Waals surface area contributed by atoms with Gasteiger partial charge in [0.25, 0.3) is 0 Å². The second-order valence-electron chi connectivity index (χ2n) is 12.9. The molecule has 0 aromatic heterocycles. The maximum absolute atomic E-state index is 3.66. The number of rotatable bonds is 8. The first-order chi connectivity index (χ1) is 23.5. The maximum atomic E-state index is 3.66. The second-order valence-corrected chi connectivity index (χ2v) is 17.2. The van der Waals surface area contributed by atoms with Gasteiger partial charge in [-0.3, -0.25) is 0 Å². The van der Waals surface area contributed by atoms with Crippen LogP contribution in [0.15, 0.2) is 176 Å². The fourth-order valence-electron chi connectivity index (χ4n) is 6.99. The van der Waals surface area contributed by atoms with Gasteiger partial charge in [-0.1, -0.05) is 122 Å². The lowest BCUT2D eigenvalue weighted by Gasteiger charge is -2.28. The number of nitrogens with one attached hydrogen (secondary N) is 2. The third-order valence-corrected chi connectivity index (χ3v) is 12.9. The van der Waals surface area contributed by atoms with Gasteiger partial charge in [-0.25, -0.2) is 0 Å². The maximum Gasteiger partial charge on any atom is 0.113 e. The molecular formula is C44H37N3Si. The number of nitrogens with zero attached hydrogens (tertiary/aromatic N) is 1. The van der Waals surface area contributed by atoms with Crippen molar-refractivity contribution in [3.05, 3.63) is 176 Å². The lowest BCUT2D eigenvalue weighted by molar-refractivity contribution is 1.28. The molecule has 0 saturated heterocycles. The second kappa shape index (κ2) is 12.4. The summed E-state index contributed by atoms with van der Waals surface area (Å²) in [4.78, 5) is 2.39. The van der Waals surface area contributed by atoms with Gasteiger partial charge < -0.3 is 15.5 Å². The van der Waals surface area contributed by atoms with Crippen LogP contribution in [0, 0.1) is 0 Å². The van der Waals surface area contributed by atoms with Gasteiger partial charge in [0.05, 0.1) is 5.69 Å². The molecule has 0 aliphatic carbocycles. The predicted octanol–water partition coefficient (Wildman–Crippen LogP) is 11.1. The first kappa shape index (κ1) is 29.6. The Labute approximate surface area is 284 Å². The third kappa shape index (κ3) is 5.68. The number of hydrogen-bond donors (Lipinski definition) is 2. The highest BCUT2D eigenvalue weighted by molar-refractivity contribution is 7.03. The average molecular weight is 636 g/mol. The molecule has 232 valence electrons. The van der Waals surface area contributed by atoms with E-state index in [1.807, 2.05) is 12.1 Å². The topological polar surface area (TPSA) is 27.3 Å². The fourth-order valence-corrected chi connectivity index (χ4v) is 10.1. The van der Waals surface area contributed by atoms with Gasteiger partial charge in [-0.2, -0.15) is 0 Å². The van der Waals surface area contributed by atoms with Gasteiger partial charge >= 0.3 is 0 Å². The van der Waals surface area contributed by atoms with Crippen molar-refractivity contribution >= 4 is 58.3 Å². The summed E-state index contributed by atoms with van der Waals surface area (Å²) in [5.41, 5.74) is 12.5. The number of anilines is 7. The molecule has 0 fully saturated rings. The van der Waals surface area contributed by atoms with Gasteiger partial charge in [-0.15, -0.1) is 0 Å². The van der Waals surface area contributed by atoms with E-state index in [2.05, 4.69) is 192 Å². The zero-order chi connectivity index (χ0) is 32.5. The highest BCUT2D eigenvalue weighted by atomic mass is 28.3. The molecule has 7 aromatic rings. The van der Waals surface area contributed by atoms with Crippen LogP contribution in [0.25, 0.3) is 22.3 Å². The summed E-state index contributed by atoms with van der Waals surface area (Å²) in [5.74, 6) is 0. The van der Waals surface area contributed by atoms with Crippen molar-refractivity contribution in [1.82, 2.24) is 0 Å². The highest BCUT2D eigenvalue weighted by Gasteiger charge is 2.37. The molecule has 0 spiro atoms. The van der Waals surface area contributed by atoms with Gasteiger partial charge in [0.1, 0.15) is 8.07 Å². The molecule has 2 N–H and O–H groups in total. The molecule has 8 rings (SSSR count). The van der Waals surface area contributed by atoms with Crippen molar-refractivity contribution in [1.29, 1.82) is 0 Å². The van der Waals surface area contributed by atoms with Crippen molar-refractivity contribution in [2.75, 3.05) is 15.5 Å². The molecule has 1 aliphatic rings. The summed E-state index contributed by atoms with van der Waals surface area (Å²) in [7, 11) is -1.79. The third-order valence-electron chi connectivity index (χ3n) is 9.36. The van der Waals surface area contributed by atoms with Crippen molar-refractivity contribution < 1.29 is 0 Å². The Bertz CT molecular complexity index is 2140. The molecule has 7 aromatic carbocycles. The Kier molecular flexibility index (Phi) is 7.63. The van der Waals surface area contributed by atoms with Crippen LogP contribution in [-0.4, -0.2) is 8.07 Å². The van der Waals surface area contributed by atoms with Crippen LogP contribution < -0.4 is 25.9 Å². The number of hydrogen-bond acceptors (Lipinski definition) is 3. The lowest BCUT2D eigenvalue weighted by atomic mass is 10.0. The number of fused-ring (bicyclic) bond motifs is 3. The van der Waals surface area contributed by atoms with E-state index in [1.165, 1.54) is 32.6 Å². The minimum atomic E-state index is -1.79. The number of para-hydroxylation sites is 2. The van der Waals surface area contributed by atoms with Crippen LogP contribution in [-0.2, 0) is 0 Å². The SMILES string of the molecule is C[Si]1(C)c2ccccc2-c2cc(N(c3ccc(-c4ccccc4)cc3)c3cc(Nc4ccccc4)cc(Nc4ccccc4)c3)ccc21.